The van der Waals surface area contributed by atoms with Crippen LogP contribution in [0.4, 0.5) is 5.69 Å². The highest BCUT2D eigenvalue weighted by Crippen LogP contribution is 2.29. The lowest BCUT2D eigenvalue weighted by atomic mass is 10.3. The number of hydrogen-bond acceptors (Lipinski definition) is 4. The number of nitrogens with zero attached hydrogens (tertiary/aromatic N) is 2. The average Bonchev–Trinajstić information content (AvgIpc) is 2.78. The summed E-state index contributed by atoms with van der Waals surface area (Å²) in [4.78, 5) is 6.55. The molecule has 0 spiro atoms. The number of thiazole rings is 1. The average molecular weight is 284 g/mol. The molecule has 0 aliphatic heterocycles. The molecule has 3 rings (SSSR count). The zero-order valence-electron chi connectivity index (χ0n) is 11.8. The lowest BCUT2D eigenvalue weighted by molar-refractivity contribution is 0.483. The number of anilines is 1. The molecular weight excluding hydrogens is 268 g/mol. The van der Waals surface area contributed by atoms with Crippen LogP contribution in [0.5, 0.6) is 11.5 Å². The van der Waals surface area contributed by atoms with Crippen molar-refractivity contribution < 1.29 is 4.74 Å². The minimum absolute atomic E-state index is 0.820. The molecular formula is C16H16N2OS. The maximum atomic E-state index is 5.88. The monoisotopic (exact) mass is 284 g/mol. The van der Waals surface area contributed by atoms with E-state index in [4.69, 9.17) is 4.74 Å². The first-order chi connectivity index (χ1) is 9.61. The number of benzene rings is 2. The molecule has 0 saturated carbocycles. The molecule has 3 nitrogen and oxygen atoms in total. The number of hydrogen-bond donors (Lipinski definition) is 0. The van der Waals surface area contributed by atoms with Gasteiger partial charge in [0.1, 0.15) is 11.5 Å². The summed E-state index contributed by atoms with van der Waals surface area (Å²) < 4.78 is 7.07. The molecule has 0 N–H and O–H groups in total. The summed E-state index contributed by atoms with van der Waals surface area (Å²) in [6.45, 7) is 2.02. The van der Waals surface area contributed by atoms with Crippen molar-refractivity contribution in [2.24, 2.45) is 0 Å². The Morgan fingerprint density at radius 2 is 1.70 bits per heavy atom. The van der Waals surface area contributed by atoms with Crippen LogP contribution in [-0.4, -0.2) is 19.1 Å². The number of rotatable bonds is 3. The molecule has 1 heterocycles. The van der Waals surface area contributed by atoms with Gasteiger partial charge in [-0.15, -0.1) is 11.3 Å². The van der Waals surface area contributed by atoms with Gasteiger partial charge in [-0.2, -0.15) is 0 Å². The molecule has 20 heavy (non-hydrogen) atoms. The summed E-state index contributed by atoms with van der Waals surface area (Å²) in [6, 6.07) is 14.1. The number of fused-ring (bicyclic) bond motifs is 1. The van der Waals surface area contributed by atoms with E-state index in [9.17, 15) is 0 Å². The Hall–Kier alpha value is -2.07. The normalized spacial score (nSPS) is 10.8. The fourth-order valence-corrected chi connectivity index (χ4v) is 2.84. The van der Waals surface area contributed by atoms with Gasteiger partial charge >= 0.3 is 0 Å². The van der Waals surface area contributed by atoms with Crippen LogP contribution in [-0.2, 0) is 0 Å². The molecule has 0 fully saturated rings. The van der Waals surface area contributed by atoms with Crippen molar-refractivity contribution in [2.45, 2.75) is 6.92 Å². The Morgan fingerprint density at radius 3 is 2.40 bits per heavy atom. The summed E-state index contributed by atoms with van der Waals surface area (Å²) >= 11 is 1.70. The quantitative estimate of drug-likeness (QED) is 0.710. The van der Waals surface area contributed by atoms with Gasteiger partial charge in [0, 0.05) is 25.8 Å². The lowest BCUT2D eigenvalue weighted by Gasteiger charge is -2.13. The summed E-state index contributed by atoms with van der Waals surface area (Å²) in [5.41, 5.74) is 2.15. The highest BCUT2D eigenvalue weighted by Gasteiger charge is 2.04. The minimum atomic E-state index is 0.820. The summed E-state index contributed by atoms with van der Waals surface area (Å²) in [6.07, 6.45) is 0. The van der Waals surface area contributed by atoms with E-state index in [0.29, 0.717) is 0 Å². The van der Waals surface area contributed by atoms with E-state index in [1.807, 2.05) is 57.4 Å². The first-order valence-corrected chi connectivity index (χ1v) is 7.26. The van der Waals surface area contributed by atoms with Crippen LogP contribution < -0.4 is 9.64 Å². The molecule has 0 bridgehead atoms. The third kappa shape index (κ3) is 2.60. The maximum Gasteiger partial charge on any atom is 0.129 e. The van der Waals surface area contributed by atoms with Crippen molar-refractivity contribution in [1.29, 1.82) is 0 Å². The largest absolute Gasteiger partial charge is 0.457 e. The van der Waals surface area contributed by atoms with Gasteiger partial charge in [0.2, 0.25) is 0 Å². The molecule has 1 aromatic heterocycles. The molecule has 2 aromatic carbocycles. The van der Waals surface area contributed by atoms with Crippen molar-refractivity contribution in [1.82, 2.24) is 4.98 Å². The van der Waals surface area contributed by atoms with Gasteiger partial charge in [0.05, 0.1) is 15.2 Å². The van der Waals surface area contributed by atoms with Crippen LogP contribution in [0.2, 0.25) is 0 Å². The van der Waals surface area contributed by atoms with Gasteiger partial charge in [-0.25, -0.2) is 4.98 Å². The SMILES string of the molecule is Cc1nc2cc(Oc3ccc(N(C)C)cc3)ccc2s1. The van der Waals surface area contributed by atoms with Crippen LogP contribution in [0.15, 0.2) is 42.5 Å². The molecule has 0 amide bonds. The highest BCUT2D eigenvalue weighted by molar-refractivity contribution is 7.18. The topological polar surface area (TPSA) is 25.4 Å². The second-order valence-corrected chi connectivity index (χ2v) is 6.09. The summed E-state index contributed by atoms with van der Waals surface area (Å²) in [7, 11) is 4.04. The third-order valence-electron chi connectivity index (χ3n) is 3.05. The second kappa shape index (κ2) is 5.13. The van der Waals surface area contributed by atoms with Crippen LogP contribution in [0.3, 0.4) is 0 Å². The predicted molar refractivity (Wildman–Crippen MR) is 85.2 cm³/mol. The highest BCUT2D eigenvalue weighted by atomic mass is 32.1. The molecule has 0 atom stereocenters. The lowest BCUT2D eigenvalue weighted by Crippen LogP contribution is -2.07. The summed E-state index contributed by atoms with van der Waals surface area (Å²) in [5, 5.41) is 1.08. The molecule has 0 unspecified atom stereocenters. The Labute approximate surface area is 122 Å². The predicted octanol–water partition coefficient (Wildman–Crippen LogP) is 4.46. The van der Waals surface area contributed by atoms with Crippen LogP contribution in [0, 0.1) is 6.92 Å². The number of aromatic nitrogens is 1. The van der Waals surface area contributed by atoms with Crippen molar-refractivity contribution in [3.05, 3.63) is 47.5 Å². The minimum Gasteiger partial charge on any atom is -0.457 e. The standard InChI is InChI=1S/C16H16N2OS/c1-11-17-15-10-14(8-9-16(15)20-11)19-13-6-4-12(5-7-13)18(2)3/h4-10H,1-3H3. The van der Waals surface area contributed by atoms with Crippen molar-refractivity contribution in [2.75, 3.05) is 19.0 Å². The zero-order valence-corrected chi connectivity index (χ0v) is 12.6. The van der Waals surface area contributed by atoms with Gasteiger partial charge in [-0.05, 0) is 43.3 Å². The van der Waals surface area contributed by atoms with E-state index in [0.717, 1.165) is 27.7 Å². The van der Waals surface area contributed by atoms with Crippen molar-refractivity contribution in [3.8, 4) is 11.5 Å². The van der Waals surface area contributed by atoms with Crippen molar-refractivity contribution in [3.63, 3.8) is 0 Å². The third-order valence-corrected chi connectivity index (χ3v) is 4.01. The Kier molecular flexibility index (Phi) is 3.32. The Balaban J connectivity index is 1.84. The van der Waals surface area contributed by atoms with E-state index < -0.39 is 0 Å². The fourth-order valence-electron chi connectivity index (χ4n) is 2.03. The van der Waals surface area contributed by atoms with Gasteiger partial charge in [0.25, 0.3) is 0 Å². The van der Waals surface area contributed by atoms with E-state index in [-0.39, 0.29) is 0 Å². The number of aryl methyl sites for hydroxylation is 1. The zero-order chi connectivity index (χ0) is 14.1. The smallest absolute Gasteiger partial charge is 0.129 e. The van der Waals surface area contributed by atoms with Gasteiger partial charge in [0.15, 0.2) is 0 Å². The van der Waals surface area contributed by atoms with Gasteiger partial charge in [-0.1, -0.05) is 0 Å². The first-order valence-electron chi connectivity index (χ1n) is 6.44. The van der Waals surface area contributed by atoms with Crippen LogP contribution in [0.1, 0.15) is 5.01 Å². The summed E-state index contributed by atoms with van der Waals surface area (Å²) in [5.74, 6) is 1.65. The Bertz CT molecular complexity index is 732. The van der Waals surface area contributed by atoms with Crippen LogP contribution in [0.25, 0.3) is 10.2 Å². The van der Waals surface area contributed by atoms with Crippen molar-refractivity contribution >= 4 is 27.2 Å². The fraction of sp³-hybridized carbons (Fsp3) is 0.188. The van der Waals surface area contributed by atoms with E-state index in [1.165, 1.54) is 4.70 Å². The molecule has 0 saturated heterocycles. The molecule has 0 aliphatic rings. The first kappa shape index (κ1) is 12.9. The second-order valence-electron chi connectivity index (χ2n) is 4.85. The molecule has 4 heteroatoms. The van der Waals surface area contributed by atoms with Crippen LogP contribution >= 0.6 is 11.3 Å². The molecule has 0 radical (unpaired) electrons. The van der Waals surface area contributed by atoms with E-state index >= 15 is 0 Å². The number of ether oxygens (including phenoxy) is 1. The van der Waals surface area contributed by atoms with E-state index in [2.05, 4.69) is 16.0 Å². The molecule has 3 aromatic rings. The van der Waals surface area contributed by atoms with Gasteiger partial charge < -0.3 is 9.64 Å². The molecule has 0 aliphatic carbocycles. The Morgan fingerprint density at radius 1 is 1.00 bits per heavy atom. The molecule has 102 valence electrons. The van der Waals surface area contributed by atoms with Gasteiger partial charge in [-0.3, -0.25) is 0 Å². The van der Waals surface area contributed by atoms with E-state index in [1.54, 1.807) is 11.3 Å². The maximum absolute atomic E-state index is 5.88.